The number of hydrogen-bond acceptors (Lipinski definition) is 4. The highest BCUT2D eigenvalue weighted by molar-refractivity contribution is 6.02. The minimum atomic E-state index is -0.564. The first-order valence-electron chi connectivity index (χ1n) is 9.11. The van der Waals surface area contributed by atoms with Gasteiger partial charge in [-0.15, -0.1) is 0 Å². The van der Waals surface area contributed by atoms with Crippen LogP contribution < -0.4 is 25.0 Å². The van der Waals surface area contributed by atoms with Gasteiger partial charge in [0.15, 0.2) is 0 Å². The van der Waals surface area contributed by atoms with E-state index in [2.05, 4.69) is 10.6 Å². The molecule has 148 valence electrons. The zero-order valence-corrected chi connectivity index (χ0v) is 16.5. The summed E-state index contributed by atoms with van der Waals surface area (Å²) >= 11 is 0. The number of benzene rings is 2. The van der Waals surface area contributed by atoms with Gasteiger partial charge in [0.25, 0.3) is 0 Å². The van der Waals surface area contributed by atoms with Crippen molar-refractivity contribution < 1.29 is 19.1 Å². The van der Waals surface area contributed by atoms with Crippen molar-refractivity contribution in [2.24, 2.45) is 0 Å². The summed E-state index contributed by atoms with van der Waals surface area (Å²) in [5.41, 5.74) is 3.66. The molecule has 2 aromatic rings. The fraction of sp³-hybridized carbons (Fsp3) is 0.333. The van der Waals surface area contributed by atoms with Crippen LogP contribution in [0.3, 0.4) is 0 Å². The standard InChI is InChI=1S/C21H25N3O4/c1-13-5-6-15(11-14(13)2)24-10-9-18(20(24)25)23-21(26)22-17-8-7-16(27-3)12-19(17)28-4/h5-8,11-12,18H,9-10H2,1-4H3,(H2,22,23,26)/t18-/m0/s1. The second-order valence-corrected chi connectivity index (χ2v) is 6.76. The van der Waals surface area contributed by atoms with Gasteiger partial charge < -0.3 is 25.0 Å². The van der Waals surface area contributed by atoms with Gasteiger partial charge in [0.1, 0.15) is 17.5 Å². The van der Waals surface area contributed by atoms with Gasteiger partial charge in [0.05, 0.1) is 19.9 Å². The van der Waals surface area contributed by atoms with Crippen molar-refractivity contribution in [3.8, 4) is 11.5 Å². The number of nitrogens with zero attached hydrogens (tertiary/aromatic N) is 1. The minimum absolute atomic E-state index is 0.111. The number of aryl methyl sites for hydroxylation is 2. The fourth-order valence-electron chi connectivity index (χ4n) is 3.18. The van der Waals surface area contributed by atoms with Gasteiger partial charge in [-0.1, -0.05) is 6.07 Å². The molecule has 0 bridgehead atoms. The molecular formula is C21H25N3O4. The quantitative estimate of drug-likeness (QED) is 0.831. The second kappa shape index (κ2) is 8.21. The molecule has 28 heavy (non-hydrogen) atoms. The van der Waals surface area contributed by atoms with Crippen molar-refractivity contribution in [1.29, 1.82) is 0 Å². The van der Waals surface area contributed by atoms with Crippen LogP contribution in [-0.4, -0.2) is 38.7 Å². The zero-order chi connectivity index (χ0) is 20.3. The summed E-state index contributed by atoms with van der Waals surface area (Å²) in [6, 6.07) is 10.0. The Morgan fingerprint density at radius 3 is 2.54 bits per heavy atom. The summed E-state index contributed by atoms with van der Waals surface area (Å²) in [6.07, 6.45) is 0.554. The molecule has 3 rings (SSSR count). The molecule has 1 heterocycles. The van der Waals surface area contributed by atoms with E-state index in [1.54, 1.807) is 30.2 Å². The first-order valence-corrected chi connectivity index (χ1v) is 9.11. The van der Waals surface area contributed by atoms with Crippen LogP contribution in [-0.2, 0) is 4.79 Å². The molecule has 0 aliphatic carbocycles. The maximum Gasteiger partial charge on any atom is 0.319 e. The Labute approximate surface area is 164 Å². The molecule has 0 unspecified atom stereocenters. The van der Waals surface area contributed by atoms with Gasteiger partial charge in [-0.25, -0.2) is 4.79 Å². The third-order valence-corrected chi connectivity index (χ3v) is 4.97. The van der Waals surface area contributed by atoms with Crippen molar-refractivity contribution in [1.82, 2.24) is 5.32 Å². The molecule has 0 saturated carbocycles. The van der Waals surface area contributed by atoms with E-state index in [9.17, 15) is 9.59 Å². The van der Waals surface area contributed by atoms with Crippen molar-refractivity contribution >= 4 is 23.3 Å². The van der Waals surface area contributed by atoms with Crippen molar-refractivity contribution in [3.05, 3.63) is 47.5 Å². The summed E-state index contributed by atoms with van der Waals surface area (Å²) in [6.45, 7) is 4.62. The van der Waals surface area contributed by atoms with Crippen LogP contribution in [0.4, 0.5) is 16.2 Å². The average molecular weight is 383 g/mol. The van der Waals surface area contributed by atoms with Gasteiger partial charge >= 0.3 is 6.03 Å². The topological polar surface area (TPSA) is 79.9 Å². The number of hydrogen-bond donors (Lipinski definition) is 2. The summed E-state index contributed by atoms with van der Waals surface area (Å²) in [4.78, 5) is 26.9. The van der Waals surface area contributed by atoms with Crippen molar-refractivity contribution in [2.45, 2.75) is 26.3 Å². The molecule has 3 amide bonds. The Morgan fingerprint density at radius 2 is 1.86 bits per heavy atom. The van der Waals surface area contributed by atoms with Gasteiger partial charge in [-0.2, -0.15) is 0 Å². The lowest BCUT2D eigenvalue weighted by molar-refractivity contribution is -0.118. The van der Waals surface area contributed by atoms with Crippen LogP contribution in [0.5, 0.6) is 11.5 Å². The van der Waals surface area contributed by atoms with E-state index in [4.69, 9.17) is 9.47 Å². The third-order valence-electron chi connectivity index (χ3n) is 4.97. The second-order valence-electron chi connectivity index (χ2n) is 6.76. The highest BCUT2D eigenvalue weighted by Gasteiger charge is 2.33. The monoisotopic (exact) mass is 383 g/mol. The molecular weight excluding hydrogens is 358 g/mol. The molecule has 2 N–H and O–H groups in total. The van der Waals surface area contributed by atoms with Crippen LogP contribution in [0.25, 0.3) is 0 Å². The maximum absolute atomic E-state index is 12.7. The number of carbonyl (C=O) groups is 2. The smallest absolute Gasteiger partial charge is 0.319 e. The molecule has 7 nitrogen and oxygen atoms in total. The number of rotatable bonds is 5. The Hall–Kier alpha value is -3.22. The fourth-order valence-corrected chi connectivity index (χ4v) is 3.18. The van der Waals surface area contributed by atoms with Gasteiger partial charge in [-0.05, 0) is 55.7 Å². The molecule has 0 aromatic heterocycles. The van der Waals surface area contributed by atoms with E-state index in [-0.39, 0.29) is 5.91 Å². The minimum Gasteiger partial charge on any atom is -0.497 e. The number of amides is 3. The average Bonchev–Trinajstić information content (AvgIpc) is 3.04. The highest BCUT2D eigenvalue weighted by atomic mass is 16.5. The molecule has 1 fully saturated rings. The van der Waals surface area contributed by atoms with Gasteiger partial charge in [-0.3, -0.25) is 4.79 Å². The molecule has 1 saturated heterocycles. The molecule has 0 spiro atoms. The molecule has 7 heteroatoms. The third kappa shape index (κ3) is 4.03. The first-order chi connectivity index (χ1) is 13.4. The lowest BCUT2D eigenvalue weighted by Gasteiger charge is -2.19. The largest absolute Gasteiger partial charge is 0.497 e. The van der Waals surface area contributed by atoms with Crippen LogP contribution in [0.1, 0.15) is 17.5 Å². The van der Waals surface area contributed by atoms with Gasteiger partial charge in [0, 0.05) is 18.3 Å². The van der Waals surface area contributed by atoms with Crippen LogP contribution in [0.15, 0.2) is 36.4 Å². The predicted molar refractivity (Wildman–Crippen MR) is 108 cm³/mol. The van der Waals surface area contributed by atoms with Crippen molar-refractivity contribution in [2.75, 3.05) is 31.0 Å². The number of carbonyl (C=O) groups excluding carboxylic acids is 2. The Bertz CT molecular complexity index is 897. The Morgan fingerprint density at radius 1 is 1.07 bits per heavy atom. The van der Waals surface area contributed by atoms with E-state index in [1.807, 2.05) is 32.0 Å². The zero-order valence-electron chi connectivity index (χ0n) is 16.5. The Balaban J connectivity index is 1.65. The van der Waals surface area contributed by atoms with Gasteiger partial charge in [0.2, 0.25) is 5.91 Å². The molecule has 0 radical (unpaired) electrons. The van der Waals surface area contributed by atoms with E-state index >= 15 is 0 Å². The van der Waals surface area contributed by atoms with E-state index in [0.717, 1.165) is 11.3 Å². The van der Waals surface area contributed by atoms with E-state index in [0.29, 0.717) is 30.2 Å². The molecule has 1 aliphatic rings. The molecule has 1 aliphatic heterocycles. The molecule has 2 aromatic carbocycles. The van der Waals surface area contributed by atoms with Crippen LogP contribution >= 0.6 is 0 Å². The lowest BCUT2D eigenvalue weighted by Crippen LogP contribution is -2.43. The number of anilines is 2. The van der Waals surface area contributed by atoms with E-state index in [1.165, 1.54) is 12.7 Å². The first kappa shape index (κ1) is 19.5. The van der Waals surface area contributed by atoms with Crippen molar-refractivity contribution in [3.63, 3.8) is 0 Å². The number of methoxy groups -OCH3 is 2. The summed E-state index contributed by atoms with van der Waals surface area (Å²) < 4.78 is 10.4. The maximum atomic E-state index is 12.7. The number of urea groups is 1. The molecule has 1 atom stereocenters. The summed E-state index contributed by atoms with van der Waals surface area (Å²) in [5, 5.41) is 5.48. The highest BCUT2D eigenvalue weighted by Crippen LogP contribution is 2.29. The van der Waals surface area contributed by atoms with Crippen LogP contribution in [0, 0.1) is 13.8 Å². The van der Waals surface area contributed by atoms with Crippen LogP contribution in [0.2, 0.25) is 0 Å². The normalized spacial score (nSPS) is 16.1. The summed E-state index contributed by atoms with van der Waals surface area (Å²) in [7, 11) is 3.07. The Kier molecular flexibility index (Phi) is 5.73. The van der Waals surface area contributed by atoms with E-state index < -0.39 is 12.1 Å². The predicted octanol–water partition coefficient (Wildman–Crippen LogP) is 3.25. The SMILES string of the molecule is COc1ccc(NC(=O)N[C@H]2CCN(c3ccc(C)c(C)c3)C2=O)c(OC)c1. The number of nitrogens with one attached hydrogen (secondary N) is 2. The summed E-state index contributed by atoms with van der Waals surface area (Å²) in [5.74, 6) is 0.988. The lowest BCUT2D eigenvalue weighted by atomic mass is 10.1. The number of ether oxygens (including phenoxy) is 2.